The van der Waals surface area contributed by atoms with E-state index < -0.39 is 0 Å². The van der Waals surface area contributed by atoms with Crippen LogP contribution in [0.5, 0.6) is 0 Å². The molecule has 0 fully saturated rings. The molecule has 1 atom stereocenters. The molecular formula is C15H22N2O. The van der Waals surface area contributed by atoms with Crippen LogP contribution in [-0.4, -0.2) is 17.6 Å². The largest absolute Gasteiger partial charge is 0.441 e. The van der Waals surface area contributed by atoms with Crippen molar-refractivity contribution in [3.63, 3.8) is 0 Å². The van der Waals surface area contributed by atoms with E-state index in [4.69, 9.17) is 4.42 Å². The molecular weight excluding hydrogens is 224 g/mol. The molecule has 0 radical (unpaired) electrons. The molecule has 0 saturated carbocycles. The molecule has 2 rings (SSSR count). The molecule has 0 saturated heterocycles. The monoisotopic (exact) mass is 246 g/mol. The van der Waals surface area contributed by atoms with E-state index in [2.05, 4.69) is 31.1 Å². The molecule has 98 valence electrons. The Morgan fingerprint density at radius 2 is 2.06 bits per heavy atom. The molecule has 0 spiro atoms. The maximum atomic E-state index is 5.78. The second-order valence-electron chi connectivity index (χ2n) is 5.16. The third-order valence-corrected chi connectivity index (χ3v) is 3.01. The number of para-hydroxylation sites is 2. The van der Waals surface area contributed by atoms with Crippen molar-refractivity contribution in [2.75, 3.05) is 6.54 Å². The molecule has 1 N–H and O–H groups in total. The lowest BCUT2D eigenvalue weighted by Crippen LogP contribution is -2.32. The molecule has 1 aromatic heterocycles. The van der Waals surface area contributed by atoms with Gasteiger partial charge in [0.2, 0.25) is 0 Å². The van der Waals surface area contributed by atoms with Crippen LogP contribution in [0.4, 0.5) is 0 Å². The zero-order chi connectivity index (χ0) is 13.0. The number of nitrogens with one attached hydrogen (secondary N) is 1. The molecule has 0 aliphatic heterocycles. The first kappa shape index (κ1) is 13.1. The second-order valence-corrected chi connectivity index (χ2v) is 5.16. The standard InChI is InChI=1S/C15H22N2O/c1-4-16-12(9-11(2)3)10-15-17-13-7-5-6-8-14(13)18-15/h5-8,11-12,16H,4,9-10H2,1-3H3. The van der Waals surface area contributed by atoms with Crippen LogP contribution >= 0.6 is 0 Å². The first-order valence-corrected chi connectivity index (χ1v) is 6.77. The van der Waals surface area contributed by atoms with Crippen LogP contribution in [0.1, 0.15) is 33.1 Å². The Kier molecular flexibility index (Phi) is 4.37. The Hall–Kier alpha value is -1.35. The van der Waals surface area contributed by atoms with Gasteiger partial charge in [-0.2, -0.15) is 0 Å². The van der Waals surface area contributed by atoms with Gasteiger partial charge in [-0.25, -0.2) is 4.98 Å². The quantitative estimate of drug-likeness (QED) is 0.849. The van der Waals surface area contributed by atoms with E-state index in [0.29, 0.717) is 12.0 Å². The van der Waals surface area contributed by atoms with Gasteiger partial charge in [0.05, 0.1) is 0 Å². The lowest BCUT2D eigenvalue weighted by Gasteiger charge is -2.18. The Balaban J connectivity index is 2.09. The smallest absolute Gasteiger partial charge is 0.197 e. The molecule has 0 bridgehead atoms. The highest BCUT2D eigenvalue weighted by Crippen LogP contribution is 2.17. The lowest BCUT2D eigenvalue weighted by molar-refractivity contribution is 0.391. The molecule has 1 unspecified atom stereocenters. The third kappa shape index (κ3) is 3.33. The maximum absolute atomic E-state index is 5.78. The van der Waals surface area contributed by atoms with Gasteiger partial charge >= 0.3 is 0 Å². The number of hydrogen-bond acceptors (Lipinski definition) is 3. The van der Waals surface area contributed by atoms with Crippen molar-refractivity contribution in [1.82, 2.24) is 10.3 Å². The van der Waals surface area contributed by atoms with Crippen molar-refractivity contribution in [3.05, 3.63) is 30.2 Å². The van der Waals surface area contributed by atoms with E-state index in [9.17, 15) is 0 Å². The van der Waals surface area contributed by atoms with Gasteiger partial charge in [0.1, 0.15) is 5.52 Å². The van der Waals surface area contributed by atoms with E-state index >= 15 is 0 Å². The fourth-order valence-corrected chi connectivity index (χ4v) is 2.31. The van der Waals surface area contributed by atoms with Gasteiger partial charge in [0.15, 0.2) is 11.5 Å². The van der Waals surface area contributed by atoms with E-state index in [0.717, 1.165) is 36.4 Å². The van der Waals surface area contributed by atoms with Crippen LogP contribution in [0.2, 0.25) is 0 Å². The molecule has 2 aromatic rings. The number of oxazole rings is 1. The van der Waals surface area contributed by atoms with Crippen LogP contribution < -0.4 is 5.32 Å². The number of hydrogen-bond donors (Lipinski definition) is 1. The third-order valence-electron chi connectivity index (χ3n) is 3.01. The summed E-state index contributed by atoms with van der Waals surface area (Å²) in [6, 6.07) is 8.38. The average molecular weight is 246 g/mol. The van der Waals surface area contributed by atoms with Crippen molar-refractivity contribution in [2.45, 2.75) is 39.7 Å². The SMILES string of the molecule is CCNC(Cc1nc2ccccc2o1)CC(C)C. The predicted octanol–water partition coefficient (Wildman–Crippen LogP) is 3.39. The van der Waals surface area contributed by atoms with Gasteiger partial charge in [-0.05, 0) is 31.0 Å². The van der Waals surface area contributed by atoms with Crippen molar-refractivity contribution in [1.29, 1.82) is 0 Å². The van der Waals surface area contributed by atoms with Gasteiger partial charge in [-0.3, -0.25) is 0 Å². The Morgan fingerprint density at radius 1 is 1.28 bits per heavy atom. The predicted molar refractivity (Wildman–Crippen MR) is 74.6 cm³/mol. The highest BCUT2D eigenvalue weighted by atomic mass is 16.3. The van der Waals surface area contributed by atoms with E-state index in [-0.39, 0.29) is 0 Å². The summed E-state index contributed by atoms with van der Waals surface area (Å²) in [4.78, 5) is 4.54. The van der Waals surface area contributed by atoms with E-state index in [1.54, 1.807) is 0 Å². The fraction of sp³-hybridized carbons (Fsp3) is 0.533. The summed E-state index contributed by atoms with van der Waals surface area (Å²) in [6.07, 6.45) is 2.01. The molecule has 0 aliphatic carbocycles. The number of fused-ring (bicyclic) bond motifs is 1. The molecule has 18 heavy (non-hydrogen) atoms. The van der Waals surface area contributed by atoms with Crippen LogP contribution in [0.15, 0.2) is 28.7 Å². The normalized spacial score (nSPS) is 13.3. The maximum Gasteiger partial charge on any atom is 0.197 e. The summed E-state index contributed by atoms with van der Waals surface area (Å²) in [5.74, 6) is 1.52. The second kappa shape index (κ2) is 6.01. The van der Waals surface area contributed by atoms with Crippen LogP contribution in [0, 0.1) is 5.92 Å². The Bertz CT molecular complexity index is 457. The first-order valence-electron chi connectivity index (χ1n) is 6.77. The highest BCUT2D eigenvalue weighted by molar-refractivity contribution is 5.72. The van der Waals surface area contributed by atoms with Crippen LogP contribution in [0.25, 0.3) is 11.1 Å². The minimum atomic E-state index is 0.447. The summed E-state index contributed by atoms with van der Waals surface area (Å²) in [5.41, 5.74) is 1.83. The molecule has 0 aliphatic rings. The number of aromatic nitrogens is 1. The van der Waals surface area contributed by atoms with Crippen molar-refractivity contribution in [2.24, 2.45) is 5.92 Å². The average Bonchev–Trinajstić information content (AvgIpc) is 2.70. The Labute approximate surface area is 109 Å². The summed E-state index contributed by atoms with van der Waals surface area (Å²) >= 11 is 0. The molecule has 3 heteroatoms. The zero-order valence-electron chi connectivity index (χ0n) is 11.4. The van der Waals surface area contributed by atoms with Gasteiger partial charge in [0.25, 0.3) is 0 Å². The van der Waals surface area contributed by atoms with Crippen LogP contribution in [0.3, 0.4) is 0 Å². The lowest BCUT2D eigenvalue weighted by atomic mass is 10.0. The fourth-order valence-electron chi connectivity index (χ4n) is 2.31. The topological polar surface area (TPSA) is 38.1 Å². The first-order chi connectivity index (χ1) is 8.69. The van der Waals surface area contributed by atoms with E-state index in [1.807, 2.05) is 24.3 Å². The molecule has 1 heterocycles. The summed E-state index contributed by atoms with van der Waals surface area (Å²) in [5, 5.41) is 3.51. The minimum Gasteiger partial charge on any atom is -0.441 e. The van der Waals surface area contributed by atoms with Crippen molar-refractivity contribution >= 4 is 11.1 Å². The highest BCUT2D eigenvalue weighted by Gasteiger charge is 2.14. The summed E-state index contributed by atoms with van der Waals surface area (Å²) < 4.78 is 5.78. The van der Waals surface area contributed by atoms with Gasteiger partial charge in [-0.1, -0.05) is 32.9 Å². The number of rotatable bonds is 6. The van der Waals surface area contributed by atoms with Crippen molar-refractivity contribution in [3.8, 4) is 0 Å². The van der Waals surface area contributed by atoms with Crippen molar-refractivity contribution < 1.29 is 4.42 Å². The van der Waals surface area contributed by atoms with Gasteiger partial charge in [0, 0.05) is 12.5 Å². The number of likely N-dealkylation sites (N-methyl/N-ethyl adjacent to an activating group) is 1. The number of benzene rings is 1. The molecule has 0 amide bonds. The molecule has 3 nitrogen and oxygen atoms in total. The van der Waals surface area contributed by atoms with E-state index in [1.165, 1.54) is 0 Å². The number of nitrogens with zero attached hydrogens (tertiary/aromatic N) is 1. The Morgan fingerprint density at radius 3 is 2.72 bits per heavy atom. The summed E-state index contributed by atoms with van der Waals surface area (Å²) in [7, 11) is 0. The minimum absolute atomic E-state index is 0.447. The zero-order valence-corrected chi connectivity index (χ0v) is 11.4. The van der Waals surface area contributed by atoms with Crippen LogP contribution in [-0.2, 0) is 6.42 Å². The van der Waals surface area contributed by atoms with Gasteiger partial charge < -0.3 is 9.73 Å². The summed E-state index contributed by atoms with van der Waals surface area (Å²) in [6.45, 7) is 7.61. The van der Waals surface area contributed by atoms with Gasteiger partial charge in [-0.15, -0.1) is 0 Å². The molecule has 1 aromatic carbocycles.